The third kappa shape index (κ3) is 2.78. The van der Waals surface area contributed by atoms with Crippen LogP contribution in [-0.2, 0) is 13.6 Å². The number of nitrogens with zero attached hydrogens (tertiary/aromatic N) is 3. The number of likely N-dealkylation sites (tertiary alicyclic amines) is 1. The van der Waals surface area contributed by atoms with Crippen LogP contribution in [0.15, 0.2) is 18.5 Å². The van der Waals surface area contributed by atoms with Crippen molar-refractivity contribution in [3.05, 3.63) is 29.6 Å². The third-order valence-electron chi connectivity index (χ3n) is 4.27. The van der Waals surface area contributed by atoms with Crippen LogP contribution < -0.4 is 0 Å². The van der Waals surface area contributed by atoms with E-state index in [9.17, 15) is 9.90 Å². The third-order valence-corrected chi connectivity index (χ3v) is 4.27. The molecule has 1 fully saturated rings. The zero-order valence-corrected chi connectivity index (χ0v) is 12.5. The second-order valence-corrected chi connectivity index (χ2v) is 6.15. The molecule has 1 atom stereocenters. The van der Waals surface area contributed by atoms with E-state index in [4.69, 9.17) is 0 Å². The minimum Gasteiger partial charge on any atom is -0.478 e. The Labute approximate surface area is 124 Å². The van der Waals surface area contributed by atoms with Gasteiger partial charge in [0.15, 0.2) is 0 Å². The van der Waals surface area contributed by atoms with E-state index in [1.165, 1.54) is 12.8 Å². The Morgan fingerprint density at radius 2 is 2.29 bits per heavy atom. The maximum Gasteiger partial charge on any atom is 0.337 e. The molecular weight excluding hydrogens is 266 g/mol. The molecule has 1 aromatic carbocycles. The van der Waals surface area contributed by atoms with Crippen LogP contribution in [0.2, 0.25) is 0 Å². The minimum absolute atomic E-state index is 0.299. The van der Waals surface area contributed by atoms with E-state index in [1.807, 2.05) is 11.6 Å². The molecule has 1 N–H and O–H groups in total. The number of carboxylic acids is 1. The monoisotopic (exact) mass is 287 g/mol. The molecule has 5 heteroatoms. The Morgan fingerprint density at radius 3 is 3.00 bits per heavy atom. The fraction of sp³-hybridized carbons (Fsp3) is 0.500. The van der Waals surface area contributed by atoms with E-state index in [-0.39, 0.29) is 0 Å². The fourth-order valence-electron chi connectivity index (χ4n) is 3.23. The van der Waals surface area contributed by atoms with Gasteiger partial charge in [-0.25, -0.2) is 9.78 Å². The van der Waals surface area contributed by atoms with Gasteiger partial charge in [0.05, 0.1) is 17.4 Å². The van der Waals surface area contributed by atoms with Gasteiger partial charge in [0.2, 0.25) is 0 Å². The topological polar surface area (TPSA) is 58.4 Å². The molecule has 0 aliphatic carbocycles. The highest BCUT2D eigenvalue weighted by molar-refractivity contribution is 6.01. The maximum absolute atomic E-state index is 11.5. The van der Waals surface area contributed by atoms with Crippen LogP contribution in [0.3, 0.4) is 0 Å². The Morgan fingerprint density at radius 1 is 1.48 bits per heavy atom. The van der Waals surface area contributed by atoms with Gasteiger partial charge in [-0.05, 0) is 43.0 Å². The number of imidazole rings is 1. The Hall–Kier alpha value is -1.88. The molecule has 0 spiro atoms. The lowest BCUT2D eigenvalue weighted by Gasteiger charge is -2.30. The number of aromatic nitrogens is 2. The number of piperidine rings is 1. The predicted molar refractivity (Wildman–Crippen MR) is 81.3 cm³/mol. The Kier molecular flexibility index (Phi) is 3.68. The number of carbonyl (C=O) groups is 1. The van der Waals surface area contributed by atoms with Crippen LogP contribution in [-0.4, -0.2) is 38.6 Å². The molecule has 1 saturated heterocycles. The molecule has 0 amide bonds. The van der Waals surface area contributed by atoms with E-state index >= 15 is 0 Å². The summed E-state index contributed by atoms with van der Waals surface area (Å²) in [6.45, 7) is 5.27. The van der Waals surface area contributed by atoms with Crippen molar-refractivity contribution >= 4 is 17.0 Å². The SMILES string of the molecule is C[C@H]1CCCN(Cc2cc(C(=O)O)c3ncn(C)c3c2)C1. The molecule has 0 saturated carbocycles. The molecule has 0 unspecified atom stereocenters. The quantitative estimate of drug-likeness (QED) is 0.942. The summed E-state index contributed by atoms with van der Waals surface area (Å²) < 4.78 is 1.88. The zero-order valence-electron chi connectivity index (χ0n) is 12.5. The number of fused-ring (bicyclic) bond motifs is 1. The van der Waals surface area contributed by atoms with Gasteiger partial charge in [0, 0.05) is 20.1 Å². The van der Waals surface area contributed by atoms with Crippen LogP contribution in [0.5, 0.6) is 0 Å². The van der Waals surface area contributed by atoms with Gasteiger partial charge in [-0.1, -0.05) is 6.92 Å². The Balaban J connectivity index is 1.94. The van der Waals surface area contributed by atoms with Gasteiger partial charge >= 0.3 is 5.97 Å². The smallest absolute Gasteiger partial charge is 0.337 e. The number of benzene rings is 1. The van der Waals surface area contributed by atoms with E-state index in [0.29, 0.717) is 11.1 Å². The van der Waals surface area contributed by atoms with Gasteiger partial charge in [0.25, 0.3) is 0 Å². The van der Waals surface area contributed by atoms with E-state index in [1.54, 1.807) is 12.4 Å². The highest BCUT2D eigenvalue weighted by Crippen LogP contribution is 2.23. The summed E-state index contributed by atoms with van der Waals surface area (Å²) in [5.41, 5.74) is 2.81. The molecule has 112 valence electrons. The average molecular weight is 287 g/mol. The van der Waals surface area contributed by atoms with Crippen LogP contribution in [0, 0.1) is 5.92 Å². The predicted octanol–water partition coefficient (Wildman–Crippen LogP) is 2.50. The van der Waals surface area contributed by atoms with Crippen molar-refractivity contribution in [3.8, 4) is 0 Å². The number of hydrogen-bond donors (Lipinski definition) is 1. The molecule has 5 nitrogen and oxygen atoms in total. The number of aryl methyl sites for hydroxylation is 1. The number of hydrogen-bond acceptors (Lipinski definition) is 3. The fourth-order valence-corrected chi connectivity index (χ4v) is 3.23. The largest absolute Gasteiger partial charge is 0.478 e. The molecule has 2 aromatic rings. The first-order valence-corrected chi connectivity index (χ1v) is 7.44. The lowest BCUT2D eigenvalue weighted by Crippen LogP contribution is -2.33. The van der Waals surface area contributed by atoms with Gasteiger partial charge in [0.1, 0.15) is 5.52 Å². The van der Waals surface area contributed by atoms with Crippen molar-refractivity contribution in [1.82, 2.24) is 14.5 Å². The van der Waals surface area contributed by atoms with Gasteiger partial charge < -0.3 is 9.67 Å². The summed E-state index contributed by atoms with van der Waals surface area (Å²) in [5.74, 6) is -0.189. The highest BCUT2D eigenvalue weighted by Gasteiger charge is 2.19. The van der Waals surface area contributed by atoms with Crippen molar-refractivity contribution in [1.29, 1.82) is 0 Å². The summed E-state index contributed by atoms with van der Waals surface area (Å²) in [4.78, 5) is 18.1. The van der Waals surface area contributed by atoms with Crippen LogP contribution in [0.25, 0.3) is 11.0 Å². The van der Waals surface area contributed by atoms with Crippen LogP contribution in [0.4, 0.5) is 0 Å². The van der Waals surface area contributed by atoms with Crippen LogP contribution in [0.1, 0.15) is 35.7 Å². The summed E-state index contributed by atoms with van der Waals surface area (Å²) in [6, 6.07) is 3.84. The van der Waals surface area contributed by atoms with E-state index in [0.717, 1.165) is 36.6 Å². The standard InChI is InChI=1S/C16H21N3O2/c1-11-4-3-5-19(8-11)9-12-6-13(16(20)21)15-14(7-12)18(2)10-17-15/h6-7,10-11H,3-5,8-9H2,1-2H3,(H,20,21)/t11-/m0/s1. The second kappa shape index (κ2) is 5.48. The highest BCUT2D eigenvalue weighted by atomic mass is 16.4. The molecule has 1 aliphatic rings. The average Bonchev–Trinajstić information content (AvgIpc) is 2.80. The molecule has 21 heavy (non-hydrogen) atoms. The van der Waals surface area contributed by atoms with Crippen molar-refractivity contribution < 1.29 is 9.90 Å². The van der Waals surface area contributed by atoms with Crippen molar-refractivity contribution in [2.24, 2.45) is 13.0 Å². The molecule has 2 heterocycles. The number of aromatic carboxylic acids is 1. The molecule has 3 rings (SSSR count). The molecular formula is C16H21N3O2. The molecule has 0 radical (unpaired) electrons. The van der Waals surface area contributed by atoms with Gasteiger partial charge in [-0.15, -0.1) is 0 Å². The number of rotatable bonds is 3. The lowest BCUT2D eigenvalue weighted by atomic mass is 9.99. The zero-order chi connectivity index (χ0) is 15.0. The maximum atomic E-state index is 11.5. The summed E-state index contributed by atoms with van der Waals surface area (Å²) in [5, 5.41) is 9.40. The van der Waals surface area contributed by atoms with Crippen molar-refractivity contribution in [3.63, 3.8) is 0 Å². The van der Waals surface area contributed by atoms with Gasteiger partial charge in [-0.3, -0.25) is 4.90 Å². The lowest BCUT2D eigenvalue weighted by molar-refractivity contribution is 0.0698. The number of carboxylic acid groups (broad SMARTS) is 1. The molecule has 0 bridgehead atoms. The molecule has 1 aromatic heterocycles. The first kappa shape index (κ1) is 14.1. The Bertz CT molecular complexity index is 677. The van der Waals surface area contributed by atoms with Crippen LogP contribution >= 0.6 is 0 Å². The van der Waals surface area contributed by atoms with Crippen molar-refractivity contribution in [2.75, 3.05) is 13.1 Å². The summed E-state index contributed by atoms with van der Waals surface area (Å²) in [7, 11) is 1.90. The normalized spacial score (nSPS) is 20.0. The first-order chi connectivity index (χ1) is 10.0. The van der Waals surface area contributed by atoms with Crippen molar-refractivity contribution in [2.45, 2.75) is 26.3 Å². The minimum atomic E-state index is -0.910. The first-order valence-electron chi connectivity index (χ1n) is 7.44. The molecule has 1 aliphatic heterocycles. The van der Waals surface area contributed by atoms with E-state index in [2.05, 4.69) is 22.9 Å². The second-order valence-electron chi connectivity index (χ2n) is 6.15. The van der Waals surface area contributed by atoms with E-state index < -0.39 is 5.97 Å². The summed E-state index contributed by atoms with van der Waals surface area (Å²) >= 11 is 0. The van der Waals surface area contributed by atoms with Gasteiger partial charge in [-0.2, -0.15) is 0 Å². The summed E-state index contributed by atoms with van der Waals surface area (Å²) in [6.07, 6.45) is 4.18.